The number of hydrogen-bond donors (Lipinski definition) is 0. The molecule has 4 heteroatoms. The lowest BCUT2D eigenvalue weighted by Gasteiger charge is -2.35. The monoisotopic (exact) mass is 273 g/mol. The van der Waals surface area contributed by atoms with Gasteiger partial charge in [0.15, 0.2) is 0 Å². The Labute approximate surface area is 112 Å². The molecule has 2 rings (SSSR count). The third-order valence-corrected chi connectivity index (χ3v) is 3.79. The van der Waals surface area contributed by atoms with Gasteiger partial charge < -0.3 is 0 Å². The Balaban J connectivity index is 2.08. The zero-order valence-corrected chi connectivity index (χ0v) is 11.1. The molecule has 1 heterocycles. The second kappa shape index (κ2) is 6.48. The van der Waals surface area contributed by atoms with Gasteiger partial charge in [-0.25, -0.2) is 8.78 Å². The summed E-state index contributed by atoms with van der Waals surface area (Å²) in [5, 5.41) is 0. The molecule has 0 aliphatic carbocycles. The third-order valence-electron chi connectivity index (χ3n) is 3.57. The summed E-state index contributed by atoms with van der Waals surface area (Å²) >= 11 is 5.80. The van der Waals surface area contributed by atoms with E-state index in [2.05, 4.69) is 4.90 Å². The number of piperidine rings is 1. The maximum Gasteiger partial charge on any atom is 0.127 e. The summed E-state index contributed by atoms with van der Waals surface area (Å²) in [6, 6.07) is 4.05. The normalized spacial score (nSPS) is 21.2. The molecule has 0 bridgehead atoms. The molecule has 1 saturated heterocycles. The standard InChI is InChI=1S/C14H18ClF2N/c15-7-6-13-3-1-2-8-18(13)10-11-9-12(16)4-5-14(11)17/h4-5,9,13H,1-3,6-8,10H2. The Morgan fingerprint density at radius 3 is 2.89 bits per heavy atom. The van der Waals surface area contributed by atoms with Crippen molar-refractivity contribution in [3.63, 3.8) is 0 Å². The highest BCUT2D eigenvalue weighted by Crippen LogP contribution is 2.23. The first-order chi connectivity index (χ1) is 8.70. The summed E-state index contributed by atoms with van der Waals surface area (Å²) in [5.41, 5.74) is 0.441. The lowest BCUT2D eigenvalue weighted by molar-refractivity contribution is 0.135. The molecular formula is C14H18ClF2N. The van der Waals surface area contributed by atoms with Gasteiger partial charge in [-0.2, -0.15) is 0 Å². The first-order valence-corrected chi connectivity index (χ1v) is 6.98. The van der Waals surface area contributed by atoms with Gasteiger partial charge in [0.05, 0.1) is 0 Å². The highest BCUT2D eigenvalue weighted by molar-refractivity contribution is 6.17. The quantitative estimate of drug-likeness (QED) is 0.751. The maximum absolute atomic E-state index is 13.6. The van der Waals surface area contributed by atoms with Gasteiger partial charge in [0.2, 0.25) is 0 Å². The van der Waals surface area contributed by atoms with Crippen LogP contribution >= 0.6 is 11.6 Å². The molecule has 1 fully saturated rings. The lowest BCUT2D eigenvalue weighted by atomic mass is 9.99. The summed E-state index contributed by atoms with van der Waals surface area (Å²) in [4.78, 5) is 2.23. The average molecular weight is 274 g/mol. The number of benzene rings is 1. The zero-order valence-electron chi connectivity index (χ0n) is 10.3. The van der Waals surface area contributed by atoms with Gasteiger partial charge in [-0.05, 0) is 44.0 Å². The van der Waals surface area contributed by atoms with Crippen molar-refractivity contribution >= 4 is 11.6 Å². The topological polar surface area (TPSA) is 3.24 Å². The Morgan fingerprint density at radius 2 is 2.11 bits per heavy atom. The second-order valence-electron chi connectivity index (χ2n) is 4.83. The fourth-order valence-electron chi connectivity index (χ4n) is 2.60. The highest BCUT2D eigenvalue weighted by atomic mass is 35.5. The van der Waals surface area contributed by atoms with E-state index in [-0.39, 0.29) is 11.6 Å². The fraction of sp³-hybridized carbons (Fsp3) is 0.571. The summed E-state index contributed by atoms with van der Waals surface area (Å²) in [5.74, 6) is -0.0869. The van der Waals surface area contributed by atoms with Crippen LogP contribution in [0.25, 0.3) is 0 Å². The molecule has 1 aliphatic rings. The van der Waals surface area contributed by atoms with E-state index in [1.165, 1.54) is 18.6 Å². The van der Waals surface area contributed by atoms with Crippen molar-refractivity contribution in [1.82, 2.24) is 4.90 Å². The molecule has 0 spiro atoms. The van der Waals surface area contributed by atoms with Crippen molar-refractivity contribution in [1.29, 1.82) is 0 Å². The Bertz CT molecular complexity index is 395. The minimum Gasteiger partial charge on any atom is -0.296 e. The molecule has 18 heavy (non-hydrogen) atoms. The van der Waals surface area contributed by atoms with Crippen LogP contribution in [0.1, 0.15) is 31.2 Å². The molecular weight excluding hydrogens is 256 g/mol. The van der Waals surface area contributed by atoms with E-state index >= 15 is 0 Å². The molecule has 0 amide bonds. The van der Waals surface area contributed by atoms with E-state index in [0.29, 0.717) is 24.0 Å². The van der Waals surface area contributed by atoms with E-state index in [9.17, 15) is 8.78 Å². The molecule has 1 unspecified atom stereocenters. The first kappa shape index (κ1) is 13.8. The molecule has 0 radical (unpaired) electrons. The average Bonchev–Trinajstić information content (AvgIpc) is 2.36. The van der Waals surface area contributed by atoms with Crippen LogP contribution in [-0.2, 0) is 6.54 Å². The summed E-state index contributed by atoms with van der Waals surface area (Å²) in [6.45, 7) is 1.42. The fourth-order valence-corrected chi connectivity index (χ4v) is 2.86. The number of nitrogens with zero attached hydrogens (tertiary/aromatic N) is 1. The Morgan fingerprint density at radius 1 is 1.28 bits per heavy atom. The molecule has 1 nitrogen and oxygen atoms in total. The summed E-state index contributed by atoms with van der Waals surface area (Å²) < 4.78 is 26.8. The predicted molar refractivity (Wildman–Crippen MR) is 69.7 cm³/mol. The van der Waals surface area contributed by atoms with Crippen LogP contribution < -0.4 is 0 Å². The van der Waals surface area contributed by atoms with E-state index < -0.39 is 0 Å². The largest absolute Gasteiger partial charge is 0.296 e. The highest BCUT2D eigenvalue weighted by Gasteiger charge is 2.22. The number of halogens is 3. The van der Waals surface area contributed by atoms with Crippen molar-refractivity contribution in [2.24, 2.45) is 0 Å². The van der Waals surface area contributed by atoms with Crippen molar-refractivity contribution in [3.8, 4) is 0 Å². The van der Waals surface area contributed by atoms with Gasteiger partial charge in [0.1, 0.15) is 11.6 Å². The van der Waals surface area contributed by atoms with E-state index in [0.717, 1.165) is 31.9 Å². The maximum atomic E-state index is 13.6. The molecule has 0 saturated carbocycles. The molecule has 1 atom stereocenters. The molecule has 1 aliphatic heterocycles. The number of rotatable bonds is 4. The van der Waals surface area contributed by atoms with Gasteiger partial charge >= 0.3 is 0 Å². The minimum atomic E-state index is -0.377. The van der Waals surface area contributed by atoms with Crippen LogP contribution in [0.15, 0.2) is 18.2 Å². The van der Waals surface area contributed by atoms with Crippen molar-refractivity contribution in [2.45, 2.75) is 38.3 Å². The number of likely N-dealkylation sites (tertiary alicyclic amines) is 1. The lowest BCUT2D eigenvalue weighted by Crippen LogP contribution is -2.39. The van der Waals surface area contributed by atoms with Crippen LogP contribution in [0.2, 0.25) is 0 Å². The minimum absolute atomic E-state index is 0.327. The van der Waals surface area contributed by atoms with Crippen LogP contribution in [0.4, 0.5) is 8.78 Å². The Kier molecular flexibility index (Phi) is 4.95. The second-order valence-corrected chi connectivity index (χ2v) is 5.21. The van der Waals surface area contributed by atoms with Crippen LogP contribution in [0, 0.1) is 11.6 Å². The van der Waals surface area contributed by atoms with Crippen LogP contribution in [0.5, 0.6) is 0 Å². The van der Waals surface area contributed by atoms with Gasteiger partial charge in [-0.1, -0.05) is 6.42 Å². The smallest absolute Gasteiger partial charge is 0.127 e. The van der Waals surface area contributed by atoms with Gasteiger partial charge in [-0.3, -0.25) is 4.90 Å². The molecule has 100 valence electrons. The van der Waals surface area contributed by atoms with Crippen molar-refractivity contribution in [3.05, 3.63) is 35.4 Å². The molecule has 0 aromatic heterocycles. The van der Waals surface area contributed by atoms with Crippen LogP contribution in [0.3, 0.4) is 0 Å². The Hall–Kier alpha value is -0.670. The summed E-state index contributed by atoms with van der Waals surface area (Å²) in [6.07, 6.45) is 4.33. The molecule has 1 aromatic carbocycles. The zero-order chi connectivity index (χ0) is 13.0. The molecule has 0 N–H and O–H groups in total. The van der Waals surface area contributed by atoms with Gasteiger partial charge in [0, 0.05) is 24.0 Å². The predicted octanol–water partition coefficient (Wildman–Crippen LogP) is 3.95. The third kappa shape index (κ3) is 3.42. The summed E-state index contributed by atoms with van der Waals surface area (Å²) in [7, 11) is 0. The van der Waals surface area contributed by atoms with Crippen molar-refractivity contribution < 1.29 is 8.78 Å². The van der Waals surface area contributed by atoms with Gasteiger partial charge in [0.25, 0.3) is 0 Å². The van der Waals surface area contributed by atoms with E-state index in [1.54, 1.807) is 0 Å². The molecule has 1 aromatic rings. The van der Waals surface area contributed by atoms with Crippen molar-refractivity contribution in [2.75, 3.05) is 12.4 Å². The van der Waals surface area contributed by atoms with Gasteiger partial charge in [-0.15, -0.1) is 11.6 Å². The number of alkyl halides is 1. The van der Waals surface area contributed by atoms with E-state index in [1.807, 2.05) is 0 Å². The van der Waals surface area contributed by atoms with Crippen LogP contribution in [-0.4, -0.2) is 23.4 Å². The van der Waals surface area contributed by atoms with E-state index in [4.69, 9.17) is 11.6 Å². The number of hydrogen-bond acceptors (Lipinski definition) is 1. The SMILES string of the molecule is Fc1ccc(F)c(CN2CCCCC2CCCl)c1. The first-order valence-electron chi connectivity index (χ1n) is 6.44.